The van der Waals surface area contributed by atoms with Gasteiger partial charge in [-0.2, -0.15) is 0 Å². The Morgan fingerprint density at radius 1 is 1.08 bits per heavy atom. The van der Waals surface area contributed by atoms with E-state index in [2.05, 4.69) is 10.3 Å². The Hall–Kier alpha value is -1.59. The Labute approximate surface area is 158 Å². The fourth-order valence-corrected chi connectivity index (χ4v) is 3.55. The molecule has 0 fully saturated rings. The van der Waals surface area contributed by atoms with Crippen LogP contribution in [0, 0.1) is 0 Å². The number of benzene rings is 2. The van der Waals surface area contributed by atoms with Gasteiger partial charge in [0.25, 0.3) is 5.91 Å². The number of nitrogens with zero attached hydrogens (tertiary/aromatic N) is 1. The third-order valence-electron chi connectivity index (χ3n) is 3.26. The van der Waals surface area contributed by atoms with Crippen LogP contribution in [0.4, 0.5) is 5.13 Å². The molecule has 0 atom stereocenters. The van der Waals surface area contributed by atoms with Crippen LogP contribution >= 0.6 is 46.1 Å². The van der Waals surface area contributed by atoms with Crippen LogP contribution in [0.5, 0.6) is 0 Å². The molecule has 0 aliphatic rings. The molecule has 0 spiro atoms. The summed E-state index contributed by atoms with van der Waals surface area (Å²) >= 11 is 19.6. The van der Waals surface area contributed by atoms with Crippen LogP contribution in [0.3, 0.4) is 0 Å². The van der Waals surface area contributed by atoms with Crippen LogP contribution in [0.15, 0.2) is 48.7 Å². The summed E-state index contributed by atoms with van der Waals surface area (Å²) < 4.78 is 0. The summed E-state index contributed by atoms with van der Waals surface area (Å²) in [7, 11) is 0. The third-order valence-corrected chi connectivity index (χ3v) is 5.11. The molecule has 3 nitrogen and oxygen atoms in total. The van der Waals surface area contributed by atoms with Gasteiger partial charge in [0.15, 0.2) is 5.13 Å². The second-order valence-corrected chi connectivity index (χ2v) is 7.34. The fourth-order valence-electron chi connectivity index (χ4n) is 2.12. The zero-order valence-corrected chi connectivity index (χ0v) is 15.3. The number of anilines is 1. The number of hydrogen-bond donors (Lipinski definition) is 1. The summed E-state index contributed by atoms with van der Waals surface area (Å²) in [4.78, 5) is 17.4. The van der Waals surface area contributed by atoms with E-state index in [-0.39, 0.29) is 5.91 Å². The third kappa shape index (κ3) is 4.08. The van der Waals surface area contributed by atoms with Crippen LogP contribution in [0.1, 0.15) is 20.8 Å². The molecule has 1 aromatic heterocycles. The molecule has 0 aliphatic heterocycles. The average molecular weight is 398 g/mol. The molecule has 1 amide bonds. The summed E-state index contributed by atoms with van der Waals surface area (Å²) in [6.45, 7) is 0. The Bertz CT molecular complexity index is 895. The number of aromatic nitrogens is 1. The number of halogens is 3. The summed E-state index contributed by atoms with van der Waals surface area (Å²) in [5.74, 6) is -0.290. The van der Waals surface area contributed by atoms with Gasteiger partial charge in [-0.05, 0) is 35.9 Å². The largest absolute Gasteiger partial charge is 0.298 e. The summed E-state index contributed by atoms with van der Waals surface area (Å²) in [5, 5.41) is 4.94. The lowest BCUT2D eigenvalue weighted by atomic mass is 10.1. The van der Waals surface area contributed by atoms with E-state index in [0.29, 0.717) is 32.2 Å². The molecule has 2 aromatic carbocycles. The maximum Gasteiger partial charge on any atom is 0.258 e. The highest BCUT2D eigenvalue weighted by atomic mass is 35.5. The van der Waals surface area contributed by atoms with Crippen molar-refractivity contribution in [2.45, 2.75) is 6.42 Å². The molecule has 0 aliphatic carbocycles. The van der Waals surface area contributed by atoms with Crippen molar-refractivity contribution < 1.29 is 4.79 Å². The first-order valence-electron chi connectivity index (χ1n) is 6.97. The Morgan fingerprint density at radius 3 is 2.67 bits per heavy atom. The first-order chi connectivity index (χ1) is 11.5. The van der Waals surface area contributed by atoms with Crippen LogP contribution in [0.25, 0.3) is 0 Å². The smallest absolute Gasteiger partial charge is 0.258 e. The van der Waals surface area contributed by atoms with Crippen molar-refractivity contribution >= 4 is 57.2 Å². The van der Waals surface area contributed by atoms with Crippen LogP contribution in [-0.4, -0.2) is 10.9 Å². The molecule has 122 valence electrons. The average Bonchev–Trinajstić information content (AvgIpc) is 2.98. The normalized spacial score (nSPS) is 10.6. The van der Waals surface area contributed by atoms with Crippen molar-refractivity contribution in [2.75, 3.05) is 5.32 Å². The molecule has 7 heteroatoms. The van der Waals surface area contributed by atoms with Crippen LogP contribution in [-0.2, 0) is 6.42 Å². The standard InChI is InChI=1S/C17H11Cl3N2OS/c18-11-5-6-14(19)10(7-11)8-12-9-21-17(24-12)22-16(23)13-3-1-2-4-15(13)20/h1-7,9H,8H2,(H,21,22,23). The van der Waals surface area contributed by atoms with E-state index in [1.165, 1.54) is 11.3 Å². The minimum absolute atomic E-state index is 0.290. The zero-order chi connectivity index (χ0) is 17.1. The van der Waals surface area contributed by atoms with Crippen molar-refractivity contribution in [3.63, 3.8) is 0 Å². The zero-order valence-electron chi connectivity index (χ0n) is 12.2. The van der Waals surface area contributed by atoms with Gasteiger partial charge < -0.3 is 0 Å². The van der Waals surface area contributed by atoms with E-state index >= 15 is 0 Å². The van der Waals surface area contributed by atoms with Gasteiger partial charge in [-0.15, -0.1) is 11.3 Å². The minimum atomic E-state index is -0.290. The Kier molecular flexibility index (Phi) is 5.41. The molecule has 1 heterocycles. The first-order valence-corrected chi connectivity index (χ1v) is 8.92. The lowest BCUT2D eigenvalue weighted by Crippen LogP contribution is -2.11. The second kappa shape index (κ2) is 7.53. The number of thiazole rings is 1. The highest BCUT2D eigenvalue weighted by molar-refractivity contribution is 7.15. The molecular formula is C17H11Cl3N2OS. The lowest BCUT2D eigenvalue weighted by Gasteiger charge is -2.04. The van der Waals surface area contributed by atoms with E-state index in [4.69, 9.17) is 34.8 Å². The Morgan fingerprint density at radius 2 is 1.88 bits per heavy atom. The van der Waals surface area contributed by atoms with Gasteiger partial charge in [-0.25, -0.2) is 4.98 Å². The molecular weight excluding hydrogens is 387 g/mol. The molecule has 0 unspecified atom stereocenters. The van der Waals surface area contributed by atoms with Gasteiger partial charge in [-0.1, -0.05) is 46.9 Å². The molecule has 3 rings (SSSR count). The topological polar surface area (TPSA) is 42.0 Å². The summed E-state index contributed by atoms with van der Waals surface area (Å²) in [5.41, 5.74) is 1.32. The van der Waals surface area contributed by atoms with E-state index < -0.39 is 0 Å². The highest BCUT2D eigenvalue weighted by Crippen LogP contribution is 2.27. The maximum absolute atomic E-state index is 12.2. The van der Waals surface area contributed by atoms with Crippen LogP contribution in [0.2, 0.25) is 15.1 Å². The highest BCUT2D eigenvalue weighted by Gasteiger charge is 2.12. The van der Waals surface area contributed by atoms with Gasteiger partial charge in [0.1, 0.15) is 0 Å². The van der Waals surface area contributed by atoms with E-state index in [0.717, 1.165) is 10.4 Å². The van der Waals surface area contributed by atoms with E-state index in [9.17, 15) is 4.79 Å². The molecule has 0 saturated heterocycles. The fraction of sp³-hybridized carbons (Fsp3) is 0.0588. The molecule has 0 bridgehead atoms. The summed E-state index contributed by atoms with van der Waals surface area (Å²) in [6, 6.07) is 12.2. The monoisotopic (exact) mass is 396 g/mol. The number of carbonyl (C=O) groups is 1. The maximum atomic E-state index is 12.2. The predicted molar refractivity (Wildman–Crippen MR) is 101 cm³/mol. The van der Waals surface area contributed by atoms with Gasteiger partial charge in [0.2, 0.25) is 0 Å². The van der Waals surface area contributed by atoms with Crippen molar-refractivity contribution in [1.82, 2.24) is 4.98 Å². The molecule has 3 aromatic rings. The number of carbonyl (C=O) groups excluding carboxylic acids is 1. The molecule has 1 N–H and O–H groups in total. The van der Waals surface area contributed by atoms with Gasteiger partial charge in [-0.3, -0.25) is 10.1 Å². The van der Waals surface area contributed by atoms with Gasteiger partial charge in [0.05, 0.1) is 10.6 Å². The number of amides is 1. The molecule has 0 radical (unpaired) electrons. The van der Waals surface area contributed by atoms with Gasteiger partial charge >= 0.3 is 0 Å². The van der Waals surface area contributed by atoms with Crippen LogP contribution < -0.4 is 5.32 Å². The van der Waals surface area contributed by atoms with E-state index in [1.807, 2.05) is 6.07 Å². The SMILES string of the molecule is O=C(Nc1ncc(Cc2cc(Cl)ccc2Cl)s1)c1ccccc1Cl. The van der Waals surface area contributed by atoms with Crippen molar-refractivity contribution in [2.24, 2.45) is 0 Å². The van der Waals surface area contributed by atoms with Gasteiger partial charge in [0, 0.05) is 27.5 Å². The number of hydrogen-bond acceptors (Lipinski definition) is 3. The van der Waals surface area contributed by atoms with Crippen molar-refractivity contribution in [3.8, 4) is 0 Å². The number of nitrogens with one attached hydrogen (secondary N) is 1. The van der Waals surface area contributed by atoms with Crippen molar-refractivity contribution in [3.05, 3.63) is 79.7 Å². The minimum Gasteiger partial charge on any atom is -0.298 e. The van der Waals surface area contributed by atoms with Crippen molar-refractivity contribution in [1.29, 1.82) is 0 Å². The quantitative estimate of drug-likeness (QED) is 0.591. The molecule has 24 heavy (non-hydrogen) atoms. The van der Waals surface area contributed by atoms with E-state index in [1.54, 1.807) is 42.6 Å². The second-order valence-electron chi connectivity index (χ2n) is 4.98. The number of rotatable bonds is 4. The summed E-state index contributed by atoms with van der Waals surface area (Å²) in [6.07, 6.45) is 2.31. The molecule has 0 saturated carbocycles. The predicted octanol–water partition coefficient (Wildman–Crippen LogP) is 5.95. The first kappa shape index (κ1) is 17.2. The Balaban J connectivity index is 1.73. The lowest BCUT2D eigenvalue weighted by molar-refractivity contribution is 0.102.